The second kappa shape index (κ2) is 5.09. The Morgan fingerprint density at radius 2 is 1.86 bits per heavy atom. The van der Waals surface area contributed by atoms with Crippen molar-refractivity contribution in [3.63, 3.8) is 0 Å². The van der Waals surface area contributed by atoms with E-state index in [1.807, 2.05) is 38.1 Å². The molecule has 1 aliphatic heterocycles. The lowest BCUT2D eigenvalue weighted by atomic mass is 9.86. The molecule has 0 radical (unpaired) electrons. The molecule has 0 spiro atoms. The fraction of sp³-hybridized carbons (Fsp3) is 0.529. The SMILES string of the molecule is CC1(C)NC(=O)CCC1NC(=O)C1(O)Cc2ccccc2C1. The Kier molecular flexibility index (Phi) is 3.48. The van der Waals surface area contributed by atoms with Crippen LogP contribution in [0.4, 0.5) is 0 Å². The summed E-state index contributed by atoms with van der Waals surface area (Å²) < 4.78 is 0. The number of amides is 2. The Morgan fingerprint density at radius 3 is 2.41 bits per heavy atom. The van der Waals surface area contributed by atoms with Crippen LogP contribution in [0.3, 0.4) is 0 Å². The van der Waals surface area contributed by atoms with Gasteiger partial charge in [-0.15, -0.1) is 0 Å². The third-order valence-electron chi connectivity index (χ3n) is 4.80. The van der Waals surface area contributed by atoms with Crippen molar-refractivity contribution in [3.05, 3.63) is 35.4 Å². The summed E-state index contributed by atoms with van der Waals surface area (Å²) in [6.07, 6.45) is 1.67. The molecule has 0 bridgehead atoms. The fourth-order valence-electron chi connectivity index (χ4n) is 3.45. The van der Waals surface area contributed by atoms with Gasteiger partial charge >= 0.3 is 0 Å². The van der Waals surface area contributed by atoms with E-state index in [2.05, 4.69) is 10.6 Å². The molecular formula is C17H22N2O3. The Bertz CT molecular complexity index is 599. The maximum Gasteiger partial charge on any atom is 0.252 e. The van der Waals surface area contributed by atoms with E-state index in [-0.39, 0.29) is 17.9 Å². The smallest absolute Gasteiger partial charge is 0.252 e. The van der Waals surface area contributed by atoms with Gasteiger partial charge in [0, 0.05) is 19.3 Å². The van der Waals surface area contributed by atoms with Crippen LogP contribution >= 0.6 is 0 Å². The molecule has 0 aromatic heterocycles. The molecule has 1 heterocycles. The van der Waals surface area contributed by atoms with Crippen molar-refractivity contribution >= 4 is 11.8 Å². The summed E-state index contributed by atoms with van der Waals surface area (Å²) >= 11 is 0. The van der Waals surface area contributed by atoms with Crippen molar-refractivity contribution in [2.24, 2.45) is 0 Å². The molecule has 118 valence electrons. The predicted molar refractivity (Wildman–Crippen MR) is 82.2 cm³/mol. The number of rotatable bonds is 2. The lowest BCUT2D eigenvalue weighted by molar-refractivity contribution is -0.141. The molecule has 2 amide bonds. The molecule has 0 saturated carbocycles. The number of carbonyl (C=O) groups excluding carboxylic acids is 2. The topological polar surface area (TPSA) is 78.4 Å². The zero-order valence-electron chi connectivity index (χ0n) is 13.0. The minimum Gasteiger partial charge on any atom is -0.379 e. The van der Waals surface area contributed by atoms with Gasteiger partial charge in [-0.1, -0.05) is 24.3 Å². The molecule has 5 heteroatoms. The van der Waals surface area contributed by atoms with Gasteiger partial charge in [0.15, 0.2) is 5.60 Å². The van der Waals surface area contributed by atoms with Gasteiger partial charge in [0.05, 0.1) is 11.6 Å². The van der Waals surface area contributed by atoms with Crippen LogP contribution in [-0.4, -0.2) is 34.1 Å². The third kappa shape index (κ3) is 2.61. The minimum atomic E-state index is -1.39. The molecule has 1 saturated heterocycles. The highest BCUT2D eigenvalue weighted by Crippen LogP contribution is 2.31. The molecule has 22 heavy (non-hydrogen) atoms. The van der Waals surface area contributed by atoms with E-state index in [4.69, 9.17) is 0 Å². The molecule has 1 aromatic carbocycles. The first-order chi connectivity index (χ1) is 10.3. The quantitative estimate of drug-likeness (QED) is 0.752. The van der Waals surface area contributed by atoms with Crippen LogP contribution in [0.2, 0.25) is 0 Å². The Hall–Kier alpha value is -1.88. The lowest BCUT2D eigenvalue weighted by Crippen LogP contribution is -2.64. The van der Waals surface area contributed by atoms with E-state index < -0.39 is 11.1 Å². The van der Waals surface area contributed by atoms with Crippen LogP contribution in [0, 0.1) is 0 Å². The molecule has 3 rings (SSSR count). The molecular weight excluding hydrogens is 280 g/mol. The van der Waals surface area contributed by atoms with Crippen molar-refractivity contribution in [1.29, 1.82) is 0 Å². The molecule has 3 N–H and O–H groups in total. The maximum absolute atomic E-state index is 12.6. The van der Waals surface area contributed by atoms with E-state index in [0.717, 1.165) is 11.1 Å². The van der Waals surface area contributed by atoms with Gasteiger partial charge < -0.3 is 15.7 Å². The minimum absolute atomic E-state index is 0.00230. The zero-order valence-corrected chi connectivity index (χ0v) is 13.0. The number of aliphatic hydroxyl groups is 1. The molecule has 1 fully saturated rings. The first kappa shape index (κ1) is 15.0. The number of fused-ring (bicyclic) bond motifs is 1. The number of piperidine rings is 1. The highest BCUT2D eigenvalue weighted by molar-refractivity contribution is 5.87. The van der Waals surface area contributed by atoms with Crippen LogP contribution in [-0.2, 0) is 22.4 Å². The zero-order chi connectivity index (χ0) is 16.0. The predicted octanol–water partition coefficient (Wildman–Crippen LogP) is 0.690. The van der Waals surface area contributed by atoms with Crippen molar-refractivity contribution in [3.8, 4) is 0 Å². The van der Waals surface area contributed by atoms with Crippen LogP contribution in [0.15, 0.2) is 24.3 Å². The number of nitrogens with one attached hydrogen (secondary N) is 2. The number of carbonyl (C=O) groups is 2. The van der Waals surface area contributed by atoms with E-state index in [0.29, 0.717) is 25.7 Å². The van der Waals surface area contributed by atoms with E-state index in [1.54, 1.807) is 0 Å². The van der Waals surface area contributed by atoms with Gasteiger partial charge in [0.1, 0.15) is 0 Å². The van der Waals surface area contributed by atoms with Crippen LogP contribution in [0.5, 0.6) is 0 Å². The molecule has 1 atom stereocenters. The van der Waals surface area contributed by atoms with Gasteiger partial charge in [-0.25, -0.2) is 0 Å². The number of hydrogen-bond donors (Lipinski definition) is 3. The van der Waals surface area contributed by atoms with Crippen molar-refractivity contribution in [1.82, 2.24) is 10.6 Å². The molecule has 2 aliphatic rings. The van der Waals surface area contributed by atoms with E-state index in [9.17, 15) is 14.7 Å². The lowest BCUT2D eigenvalue weighted by Gasteiger charge is -2.40. The monoisotopic (exact) mass is 302 g/mol. The van der Waals surface area contributed by atoms with Crippen LogP contribution in [0.25, 0.3) is 0 Å². The highest BCUT2D eigenvalue weighted by Gasteiger charge is 2.45. The molecule has 5 nitrogen and oxygen atoms in total. The van der Waals surface area contributed by atoms with Crippen LogP contribution in [0.1, 0.15) is 37.8 Å². The second-order valence-electron chi connectivity index (χ2n) is 6.99. The van der Waals surface area contributed by atoms with Gasteiger partial charge in [-0.05, 0) is 31.4 Å². The van der Waals surface area contributed by atoms with E-state index >= 15 is 0 Å². The average molecular weight is 302 g/mol. The van der Waals surface area contributed by atoms with Gasteiger partial charge in [-0.3, -0.25) is 9.59 Å². The summed E-state index contributed by atoms with van der Waals surface area (Å²) in [4.78, 5) is 24.1. The standard InChI is InChI=1S/C17H22N2O3/c1-16(2)13(7-8-14(20)19-16)18-15(21)17(22)9-11-5-3-4-6-12(11)10-17/h3-6,13,22H,7-10H2,1-2H3,(H,18,21)(H,19,20). The average Bonchev–Trinajstić information content (AvgIpc) is 2.78. The normalized spacial score (nSPS) is 25.2. The second-order valence-corrected chi connectivity index (χ2v) is 6.99. The largest absolute Gasteiger partial charge is 0.379 e. The van der Waals surface area contributed by atoms with Crippen molar-refractivity contribution < 1.29 is 14.7 Å². The fourth-order valence-corrected chi connectivity index (χ4v) is 3.45. The number of benzene rings is 1. The number of hydrogen-bond acceptors (Lipinski definition) is 3. The maximum atomic E-state index is 12.6. The van der Waals surface area contributed by atoms with Crippen molar-refractivity contribution in [2.45, 2.75) is 56.7 Å². The Balaban J connectivity index is 1.72. The Morgan fingerprint density at radius 1 is 1.27 bits per heavy atom. The van der Waals surface area contributed by atoms with Crippen molar-refractivity contribution in [2.75, 3.05) is 0 Å². The molecule has 1 unspecified atom stereocenters. The first-order valence-corrected chi connectivity index (χ1v) is 7.71. The summed E-state index contributed by atoms with van der Waals surface area (Å²) in [5.74, 6) is -0.347. The Labute approximate surface area is 130 Å². The van der Waals surface area contributed by atoms with Gasteiger partial charge in [-0.2, -0.15) is 0 Å². The third-order valence-corrected chi connectivity index (χ3v) is 4.80. The molecule has 1 aromatic rings. The first-order valence-electron chi connectivity index (χ1n) is 7.71. The molecule has 1 aliphatic carbocycles. The van der Waals surface area contributed by atoms with Gasteiger partial charge in [0.2, 0.25) is 5.91 Å². The summed E-state index contributed by atoms with van der Waals surface area (Å²) in [6.45, 7) is 3.78. The van der Waals surface area contributed by atoms with E-state index in [1.165, 1.54) is 0 Å². The summed E-state index contributed by atoms with van der Waals surface area (Å²) in [5, 5.41) is 16.6. The highest BCUT2D eigenvalue weighted by atomic mass is 16.3. The van der Waals surface area contributed by atoms with Crippen LogP contribution < -0.4 is 10.6 Å². The summed E-state index contributed by atoms with van der Waals surface area (Å²) in [5.41, 5.74) is 0.154. The summed E-state index contributed by atoms with van der Waals surface area (Å²) in [7, 11) is 0. The van der Waals surface area contributed by atoms with Gasteiger partial charge in [0.25, 0.3) is 5.91 Å². The summed E-state index contributed by atoms with van der Waals surface area (Å²) in [6, 6.07) is 7.56.